The Kier molecular flexibility index (Phi) is 10.7. The minimum atomic E-state index is -3.57. The number of hydrogen-bond donors (Lipinski definition) is 1. The second kappa shape index (κ2) is 13.5. The average Bonchev–Trinajstić information content (AvgIpc) is 2.86. The third-order valence-electron chi connectivity index (χ3n) is 6.68. The Morgan fingerprint density at radius 2 is 1.68 bits per heavy atom. The molecular weight excluding hydrogens is 533 g/mol. The Bertz CT molecular complexity index is 1170. The van der Waals surface area contributed by atoms with Crippen LogP contribution in [-0.4, -0.2) is 50.0 Å². The molecule has 0 spiro atoms. The van der Waals surface area contributed by atoms with Gasteiger partial charge in [0.05, 0.1) is 11.9 Å². The van der Waals surface area contributed by atoms with Crippen LogP contribution in [-0.2, 0) is 26.2 Å². The van der Waals surface area contributed by atoms with Gasteiger partial charge in [-0.15, -0.1) is 0 Å². The second-order valence-corrected chi connectivity index (χ2v) is 12.3. The van der Waals surface area contributed by atoms with Gasteiger partial charge in [-0.3, -0.25) is 13.9 Å². The maximum atomic E-state index is 13.4. The van der Waals surface area contributed by atoms with Crippen LogP contribution in [0, 0.1) is 0 Å². The molecule has 3 rings (SSSR count). The number of amides is 2. The summed E-state index contributed by atoms with van der Waals surface area (Å²) in [5, 5.41) is 4.13. The molecule has 1 atom stereocenters. The zero-order chi connectivity index (χ0) is 27.0. The highest BCUT2D eigenvalue weighted by atomic mass is 35.5. The van der Waals surface area contributed by atoms with E-state index < -0.39 is 16.1 Å². The molecule has 0 bridgehead atoms. The third kappa shape index (κ3) is 8.62. The molecule has 2 amide bonds. The van der Waals surface area contributed by atoms with Gasteiger partial charge >= 0.3 is 0 Å². The van der Waals surface area contributed by atoms with Crippen LogP contribution in [0.15, 0.2) is 48.5 Å². The van der Waals surface area contributed by atoms with E-state index >= 15 is 0 Å². The highest BCUT2D eigenvalue weighted by Gasteiger charge is 2.29. The molecule has 0 saturated heterocycles. The SMILES string of the molecule is CC(C(=O)NC1CCCCC1)N(Cc1ccccc1Cl)C(=O)CCCN(c1ccc(Cl)cc1)S(C)(=O)=O. The van der Waals surface area contributed by atoms with E-state index in [9.17, 15) is 18.0 Å². The molecule has 0 heterocycles. The third-order valence-corrected chi connectivity index (χ3v) is 8.50. The van der Waals surface area contributed by atoms with Crippen molar-refractivity contribution < 1.29 is 18.0 Å². The van der Waals surface area contributed by atoms with Gasteiger partial charge in [0.2, 0.25) is 21.8 Å². The molecule has 0 aromatic heterocycles. The molecule has 1 fully saturated rings. The molecule has 202 valence electrons. The molecule has 2 aromatic carbocycles. The number of sulfonamides is 1. The second-order valence-electron chi connectivity index (χ2n) is 9.55. The fraction of sp³-hybridized carbons (Fsp3) is 0.481. The van der Waals surface area contributed by atoms with Gasteiger partial charge in [-0.2, -0.15) is 0 Å². The van der Waals surface area contributed by atoms with Crippen molar-refractivity contribution in [3.05, 3.63) is 64.1 Å². The number of anilines is 1. The van der Waals surface area contributed by atoms with E-state index in [-0.39, 0.29) is 43.8 Å². The summed E-state index contributed by atoms with van der Waals surface area (Å²) in [5.74, 6) is -0.429. The van der Waals surface area contributed by atoms with E-state index in [2.05, 4.69) is 5.32 Å². The summed E-state index contributed by atoms with van der Waals surface area (Å²) in [7, 11) is -3.57. The maximum Gasteiger partial charge on any atom is 0.242 e. The van der Waals surface area contributed by atoms with Gasteiger partial charge in [0.25, 0.3) is 0 Å². The predicted molar refractivity (Wildman–Crippen MR) is 149 cm³/mol. The summed E-state index contributed by atoms with van der Waals surface area (Å²) < 4.78 is 26.1. The van der Waals surface area contributed by atoms with Crippen molar-refractivity contribution in [3.63, 3.8) is 0 Å². The van der Waals surface area contributed by atoms with Crippen LogP contribution in [0.4, 0.5) is 5.69 Å². The van der Waals surface area contributed by atoms with Crippen molar-refractivity contribution in [3.8, 4) is 0 Å². The fourth-order valence-electron chi connectivity index (χ4n) is 4.57. The molecule has 1 aliphatic carbocycles. The van der Waals surface area contributed by atoms with Crippen molar-refractivity contribution in [2.24, 2.45) is 0 Å². The van der Waals surface area contributed by atoms with Gasteiger partial charge in [0, 0.05) is 35.6 Å². The lowest BCUT2D eigenvalue weighted by Gasteiger charge is -2.31. The molecule has 1 saturated carbocycles. The van der Waals surface area contributed by atoms with Crippen LogP contribution in [0.1, 0.15) is 57.4 Å². The first kappa shape index (κ1) is 29.3. The van der Waals surface area contributed by atoms with Crippen LogP contribution in [0.2, 0.25) is 10.0 Å². The lowest BCUT2D eigenvalue weighted by atomic mass is 9.95. The topological polar surface area (TPSA) is 86.8 Å². The number of nitrogens with one attached hydrogen (secondary N) is 1. The first-order chi connectivity index (χ1) is 17.6. The Balaban J connectivity index is 1.72. The quantitative estimate of drug-likeness (QED) is 0.393. The largest absolute Gasteiger partial charge is 0.352 e. The molecule has 1 aliphatic rings. The normalized spacial score (nSPS) is 15.1. The summed E-state index contributed by atoms with van der Waals surface area (Å²) in [6.45, 7) is 2.03. The minimum absolute atomic E-state index is 0.0745. The van der Waals surface area contributed by atoms with Crippen molar-refractivity contribution >= 4 is 50.7 Å². The van der Waals surface area contributed by atoms with Crippen LogP contribution in [0.5, 0.6) is 0 Å². The minimum Gasteiger partial charge on any atom is -0.352 e. The smallest absolute Gasteiger partial charge is 0.242 e. The number of hydrogen-bond acceptors (Lipinski definition) is 4. The molecular formula is C27H35Cl2N3O4S. The number of halogens is 2. The lowest BCUT2D eigenvalue weighted by Crippen LogP contribution is -2.50. The van der Waals surface area contributed by atoms with Gasteiger partial charge in [-0.1, -0.05) is 60.7 Å². The Hall–Kier alpha value is -2.29. The number of carbonyl (C=O) groups is 2. The van der Waals surface area contributed by atoms with Crippen LogP contribution in [0.3, 0.4) is 0 Å². The molecule has 10 heteroatoms. The Morgan fingerprint density at radius 1 is 1.03 bits per heavy atom. The van der Waals surface area contributed by atoms with E-state index in [0.717, 1.165) is 37.5 Å². The molecule has 1 N–H and O–H groups in total. The van der Waals surface area contributed by atoms with Gasteiger partial charge in [-0.05, 0) is 62.1 Å². The van der Waals surface area contributed by atoms with E-state index in [1.54, 1.807) is 37.3 Å². The lowest BCUT2D eigenvalue weighted by molar-refractivity contribution is -0.141. The molecule has 2 aromatic rings. The Morgan fingerprint density at radius 3 is 2.30 bits per heavy atom. The van der Waals surface area contributed by atoms with Crippen molar-refractivity contribution in [1.29, 1.82) is 0 Å². The molecule has 0 radical (unpaired) electrons. The Labute approximate surface area is 230 Å². The number of benzene rings is 2. The zero-order valence-corrected chi connectivity index (χ0v) is 23.7. The van der Waals surface area contributed by atoms with E-state index in [1.165, 1.54) is 15.6 Å². The molecule has 0 aliphatic heterocycles. The van der Waals surface area contributed by atoms with Crippen molar-refractivity contribution in [2.75, 3.05) is 17.1 Å². The van der Waals surface area contributed by atoms with Crippen molar-refractivity contribution in [2.45, 2.75) is 70.5 Å². The fourth-order valence-corrected chi connectivity index (χ4v) is 5.86. The van der Waals surface area contributed by atoms with Crippen molar-refractivity contribution in [1.82, 2.24) is 10.2 Å². The van der Waals surface area contributed by atoms with Gasteiger partial charge in [0.1, 0.15) is 6.04 Å². The van der Waals surface area contributed by atoms with Gasteiger partial charge in [-0.25, -0.2) is 8.42 Å². The van der Waals surface area contributed by atoms with E-state index in [0.29, 0.717) is 15.7 Å². The summed E-state index contributed by atoms with van der Waals surface area (Å²) in [6.07, 6.45) is 6.74. The first-order valence-corrected chi connectivity index (χ1v) is 15.2. The first-order valence-electron chi connectivity index (χ1n) is 12.6. The van der Waals surface area contributed by atoms with E-state index in [1.807, 2.05) is 18.2 Å². The molecule has 1 unspecified atom stereocenters. The standard InChI is InChI=1S/C27H35Cl2N3O4S/c1-20(27(34)30-23-10-4-3-5-11-23)31(19-21-9-6-7-12-25(21)29)26(33)13-8-18-32(37(2,35)36)24-16-14-22(28)15-17-24/h6-7,9,12,14-17,20,23H,3-5,8,10-11,13,18-19H2,1-2H3,(H,30,34). The number of carbonyl (C=O) groups excluding carboxylic acids is 2. The highest BCUT2D eigenvalue weighted by molar-refractivity contribution is 7.92. The van der Waals surface area contributed by atoms with E-state index in [4.69, 9.17) is 23.2 Å². The summed E-state index contributed by atoms with van der Waals surface area (Å²) in [5.41, 5.74) is 1.22. The molecule has 7 nitrogen and oxygen atoms in total. The van der Waals surface area contributed by atoms with Gasteiger partial charge < -0.3 is 10.2 Å². The zero-order valence-electron chi connectivity index (χ0n) is 21.3. The van der Waals surface area contributed by atoms with Crippen LogP contribution < -0.4 is 9.62 Å². The van der Waals surface area contributed by atoms with Crippen LogP contribution in [0.25, 0.3) is 0 Å². The maximum absolute atomic E-state index is 13.4. The predicted octanol–water partition coefficient (Wildman–Crippen LogP) is 5.41. The number of nitrogens with zero attached hydrogens (tertiary/aromatic N) is 2. The summed E-state index contributed by atoms with van der Waals surface area (Å²) in [4.78, 5) is 28.1. The highest BCUT2D eigenvalue weighted by Crippen LogP contribution is 2.23. The summed E-state index contributed by atoms with van der Waals surface area (Å²) in [6, 6.07) is 13.2. The van der Waals surface area contributed by atoms with Crippen LogP contribution >= 0.6 is 23.2 Å². The average molecular weight is 569 g/mol. The number of rotatable bonds is 11. The van der Waals surface area contributed by atoms with Gasteiger partial charge in [0.15, 0.2) is 0 Å². The monoisotopic (exact) mass is 567 g/mol. The summed E-state index contributed by atoms with van der Waals surface area (Å²) >= 11 is 12.3. The molecule has 37 heavy (non-hydrogen) atoms.